The lowest BCUT2D eigenvalue weighted by atomic mass is 10.2. The van der Waals surface area contributed by atoms with Crippen LogP contribution in [0.1, 0.15) is 40.3 Å². The molecule has 0 saturated carbocycles. The molecule has 178 valence electrons. The van der Waals surface area contributed by atoms with E-state index in [1.54, 1.807) is 29.7 Å². The van der Waals surface area contributed by atoms with Gasteiger partial charge in [0.1, 0.15) is 5.82 Å². The summed E-state index contributed by atoms with van der Waals surface area (Å²) in [6.07, 6.45) is 0. The Balaban J connectivity index is 1.66. The van der Waals surface area contributed by atoms with Crippen LogP contribution in [0.15, 0.2) is 78.0 Å². The van der Waals surface area contributed by atoms with Gasteiger partial charge in [-0.1, -0.05) is 53.7 Å². The molecular weight excluding hydrogens is 469 g/mol. The summed E-state index contributed by atoms with van der Waals surface area (Å²) in [4.78, 5) is 23.3. The van der Waals surface area contributed by atoms with Crippen molar-refractivity contribution in [3.05, 3.63) is 111 Å². The van der Waals surface area contributed by atoms with Crippen molar-refractivity contribution in [2.24, 2.45) is 0 Å². The first kappa shape index (κ1) is 24.1. The monoisotopic (exact) mass is 491 g/mol. The molecule has 1 atom stereocenters. The number of non-ortho nitro benzene ring substituents is 1. The Bertz CT molecular complexity index is 1370. The summed E-state index contributed by atoms with van der Waals surface area (Å²) >= 11 is 1.45. The predicted molar refractivity (Wildman–Crippen MR) is 131 cm³/mol. The van der Waals surface area contributed by atoms with Crippen LogP contribution in [0.4, 0.5) is 10.1 Å². The summed E-state index contributed by atoms with van der Waals surface area (Å²) in [6, 6.07) is 19.2. The van der Waals surface area contributed by atoms with Crippen molar-refractivity contribution in [1.82, 2.24) is 20.1 Å². The smallest absolute Gasteiger partial charge is 0.269 e. The summed E-state index contributed by atoms with van der Waals surface area (Å²) in [5.41, 5.74) is 2.74. The van der Waals surface area contributed by atoms with E-state index in [1.807, 2.05) is 25.1 Å². The topological polar surface area (TPSA) is 103 Å². The number of rotatable bonds is 8. The highest BCUT2D eigenvalue weighted by atomic mass is 32.2. The Kier molecular flexibility index (Phi) is 7.21. The summed E-state index contributed by atoms with van der Waals surface area (Å²) < 4.78 is 15.8. The van der Waals surface area contributed by atoms with Crippen molar-refractivity contribution < 1.29 is 14.1 Å². The number of carbonyl (C=O) groups excluding carboxylic acids is 1. The van der Waals surface area contributed by atoms with Gasteiger partial charge in [-0.2, -0.15) is 0 Å². The number of carbonyl (C=O) groups is 1. The van der Waals surface area contributed by atoms with Crippen molar-refractivity contribution >= 4 is 23.4 Å². The Morgan fingerprint density at radius 1 is 1.11 bits per heavy atom. The van der Waals surface area contributed by atoms with E-state index in [4.69, 9.17) is 0 Å². The van der Waals surface area contributed by atoms with Crippen LogP contribution in [0.3, 0.4) is 0 Å². The predicted octanol–water partition coefficient (Wildman–Crippen LogP) is 5.41. The maximum absolute atomic E-state index is 14.1. The number of nitrogens with one attached hydrogen (secondary N) is 1. The highest BCUT2D eigenvalue weighted by molar-refractivity contribution is 7.98. The molecule has 0 aliphatic carbocycles. The molecule has 0 saturated heterocycles. The number of nitrogens with zero attached hydrogens (tertiary/aromatic N) is 4. The number of thioether (sulfide) groups is 1. The van der Waals surface area contributed by atoms with Gasteiger partial charge in [0.15, 0.2) is 11.0 Å². The zero-order valence-electron chi connectivity index (χ0n) is 19.0. The standard InChI is InChI=1S/C25H22FN5O3S/c1-16-6-5-7-18(14-16)15-35-25-29-28-23(30(25)19-10-12-20(13-11-19)31(33)34)17(2)27-24(32)21-8-3-4-9-22(21)26/h3-14,17H,15H2,1-2H3,(H,27,32). The summed E-state index contributed by atoms with van der Waals surface area (Å²) in [5.74, 6) is -0.163. The zero-order chi connectivity index (χ0) is 24.9. The molecule has 0 bridgehead atoms. The van der Waals surface area contributed by atoms with Gasteiger partial charge in [0, 0.05) is 23.6 Å². The van der Waals surface area contributed by atoms with Gasteiger partial charge in [0.05, 0.1) is 16.5 Å². The molecule has 4 rings (SSSR count). The summed E-state index contributed by atoms with van der Waals surface area (Å²) in [7, 11) is 0. The number of nitro groups is 1. The third-order valence-electron chi connectivity index (χ3n) is 5.28. The highest BCUT2D eigenvalue weighted by Gasteiger charge is 2.23. The van der Waals surface area contributed by atoms with Gasteiger partial charge in [-0.3, -0.25) is 19.5 Å². The third kappa shape index (κ3) is 5.55. The van der Waals surface area contributed by atoms with Crippen molar-refractivity contribution in [2.45, 2.75) is 30.8 Å². The van der Waals surface area contributed by atoms with Crippen LogP contribution in [0.2, 0.25) is 0 Å². The molecule has 1 N–H and O–H groups in total. The number of hydrogen-bond acceptors (Lipinski definition) is 6. The average Bonchev–Trinajstić information content (AvgIpc) is 3.27. The maximum atomic E-state index is 14.1. The van der Waals surface area contributed by atoms with Crippen LogP contribution in [0.25, 0.3) is 5.69 Å². The summed E-state index contributed by atoms with van der Waals surface area (Å²) in [5, 5.41) is 23.1. The molecule has 0 aliphatic heterocycles. The molecule has 1 unspecified atom stereocenters. The molecule has 4 aromatic rings. The molecule has 1 heterocycles. The SMILES string of the molecule is Cc1cccc(CSc2nnc(C(C)NC(=O)c3ccccc3F)n2-c2ccc([N+](=O)[O-])cc2)c1. The minimum absolute atomic E-state index is 0.0433. The van der Waals surface area contributed by atoms with Crippen molar-refractivity contribution in [1.29, 1.82) is 0 Å². The lowest BCUT2D eigenvalue weighted by molar-refractivity contribution is -0.384. The van der Waals surface area contributed by atoms with Crippen molar-refractivity contribution in [2.75, 3.05) is 0 Å². The molecule has 0 spiro atoms. The fraction of sp³-hybridized carbons (Fsp3) is 0.160. The second kappa shape index (κ2) is 10.5. The fourth-order valence-electron chi connectivity index (χ4n) is 3.56. The van der Waals surface area contributed by atoms with Crippen molar-refractivity contribution in [3.63, 3.8) is 0 Å². The van der Waals surface area contributed by atoms with E-state index in [1.165, 1.54) is 42.1 Å². The minimum Gasteiger partial charge on any atom is -0.342 e. The van der Waals surface area contributed by atoms with Gasteiger partial charge < -0.3 is 5.32 Å². The maximum Gasteiger partial charge on any atom is 0.269 e. The average molecular weight is 492 g/mol. The number of benzene rings is 3. The van der Waals surface area contributed by atoms with Crippen LogP contribution in [-0.4, -0.2) is 25.6 Å². The first-order valence-corrected chi connectivity index (χ1v) is 11.8. The molecule has 1 amide bonds. The van der Waals surface area contributed by atoms with Crippen LogP contribution < -0.4 is 5.32 Å². The van der Waals surface area contributed by atoms with E-state index in [0.29, 0.717) is 22.4 Å². The molecule has 0 fully saturated rings. The minimum atomic E-state index is -0.627. The van der Waals surface area contributed by atoms with Crippen LogP contribution in [0, 0.1) is 22.9 Å². The van der Waals surface area contributed by atoms with Crippen LogP contribution >= 0.6 is 11.8 Å². The Labute approximate surface area is 205 Å². The third-order valence-corrected chi connectivity index (χ3v) is 6.28. The Morgan fingerprint density at radius 3 is 2.54 bits per heavy atom. The van der Waals surface area contributed by atoms with Gasteiger partial charge in [-0.25, -0.2) is 4.39 Å². The van der Waals surface area contributed by atoms with Gasteiger partial charge >= 0.3 is 0 Å². The molecule has 0 aliphatic rings. The zero-order valence-corrected chi connectivity index (χ0v) is 19.8. The fourth-order valence-corrected chi connectivity index (χ4v) is 4.46. The van der Waals surface area contributed by atoms with E-state index in [9.17, 15) is 19.3 Å². The van der Waals surface area contributed by atoms with Gasteiger partial charge in [0.2, 0.25) is 0 Å². The van der Waals surface area contributed by atoms with E-state index < -0.39 is 22.7 Å². The van der Waals surface area contributed by atoms with Crippen molar-refractivity contribution in [3.8, 4) is 5.69 Å². The molecule has 35 heavy (non-hydrogen) atoms. The first-order valence-electron chi connectivity index (χ1n) is 10.8. The molecule has 3 aromatic carbocycles. The molecule has 1 aromatic heterocycles. The molecule has 8 nitrogen and oxygen atoms in total. The van der Waals surface area contributed by atoms with E-state index in [-0.39, 0.29) is 11.3 Å². The van der Waals surface area contributed by atoms with E-state index >= 15 is 0 Å². The quantitative estimate of drug-likeness (QED) is 0.201. The van der Waals surface area contributed by atoms with Crippen LogP contribution in [-0.2, 0) is 5.75 Å². The first-order chi connectivity index (χ1) is 16.8. The lowest BCUT2D eigenvalue weighted by Gasteiger charge is -2.16. The Morgan fingerprint density at radius 2 is 1.86 bits per heavy atom. The number of hydrogen-bond donors (Lipinski definition) is 1. The second-order valence-electron chi connectivity index (χ2n) is 7.90. The number of halogens is 1. The van der Waals surface area contributed by atoms with Crippen LogP contribution in [0.5, 0.6) is 0 Å². The molecule has 0 radical (unpaired) electrons. The molecule has 10 heteroatoms. The van der Waals surface area contributed by atoms with E-state index in [0.717, 1.165) is 11.1 Å². The number of aryl methyl sites for hydroxylation is 1. The number of nitro benzene ring substituents is 1. The lowest BCUT2D eigenvalue weighted by Crippen LogP contribution is -2.29. The number of aromatic nitrogens is 3. The second-order valence-corrected chi connectivity index (χ2v) is 8.84. The van der Waals surface area contributed by atoms with Gasteiger partial charge in [-0.05, 0) is 43.7 Å². The largest absolute Gasteiger partial charge is 0.342 e. The van der Waals surface area contributed by atoms with Gasteiger partial charge in [0.25, 0.3) is 11.6 Å². The summed E-state index contributed by atoms with van der Waals surface area (Å²) in [6.45, 7) is 3.74. The van der Waals surface area contributed by atoms with E-state index in [2.05, 4.69) is 21.6 Å². The normalized spacial score (nSPS) is 11.7. The number of amides is 1. The van der Waals surface area contributed by atoms with Gasteiger partial charge in [-0.15, -0.1) is 10.2 Å². The molecular formula is C25H22FN5O3S. The highest BCUT2D eigenvalue weighted by Crippen LogP contribution is 2.29. The Hall–Kier alpha value is -4.05.